The lowest BCUT2D eigenvalue weighted by Gasteiger charge is -2.17. The van der Waals surface area contributed by atoms with E-state index in [2.05, 4.69) is 4.98 Å². The van der Waals surface area contributed by atoms with Crippen LogP contribution < -0.4 is 10.0 Å². The van der Waals surface area contributed by atoms with E-state index in [1.54, 1.807) is 12.1 Å². The lowest BCUT2D eigenvalue weighted by Crippen LogP contribution is -2.31. The van der Waals surface area contributed by atoms with Gasteiger partial charge in [-0.3, -0.25) is 9.59 Å². The fourth-order valence-corrected chi connectivity index (χ4v) is 3.87. The highest BCUT2D eigenvalue weighted by Gasteiger charge is 2.41. The number of benzene rings is 1. The molecule has 0 saturated carbocycles. The average molecular weight is 396 g/mol. The van der Waals surface area contributed by atoms with Gasteiger partial charge in [0.25, 0.3) is 0 Å². The van der Waals surface area contributed by atoms with Crippen molar-refractivity contribution < 1.29 is 19.5 Å². The molecule has 2 amide bonds. The van der Waals surface area contributed by atoms with Gasteiger partial charge in [0.05, 0.1) is 27.0 Å². The molecular formula is C16H9Cl2N2O4S-. The lowest BCUT2D eigenvalue weighted by molar-refractivity contribution is -0.255. The summed E-state index contributed by atoms with van der Waals surface area (Å²) in [5.41, 5.74) is 0.0698. The maximum atomic E-state index is 12.7. The maximum absolute atomic E-state index is 12.7. The Labute approximate surface area is 156 Å². The number of hydrogen-bond donors (Lipinski definition) is 0. The van der Waals surface area contributed by atoms with E-state index in [4.69, 9.17) is 23.2 Å². The topological polar surface area (TPSA) is 90.4 Å². The molecule has 1 aromatic carbocycles. The zero-order valence-corrected chi connectivity index (χ0v) is 14.8. The number of pyridine rings is 1. The van der Waals surface area contributed by atoms with Gasteiger partial charge in [-0.1, -0.05) is 41.0 Å². The molecule has 2 aromatic rings. The van der Waals surface area contributed by atoms with Crippen molar-refractivity contribution >= 4 is 58.4 Å². The third-order valence-corrected chi connectivity index (χ3v) is 5.53. The number of carboxylic acid groups (broad SMARTS) is 1. The van der Waals surface area contributed by atoms with Crippen LogP contribution in [0.3, 0.4) is 0 Å². The van der Waals surface area contributed by atoms with E-state index >= 15 is 0 Å². The lowest BCUT2D eigenvalue weighted by atomic mass is 10.3. The van der Waals surface area contributed by atoms with Crippen molar-refractivity contribution in [1.82, 2.24) is 4.98 Å². The SMILES string of the molecule is O=C([O-])c1cccnc1S[C@H]1CC(=O)N(c2cccc(Cl)c2Cl)C1=O. The monoisotopic (exact) mass is 395 g/mol. The Morgan fingerprint density at radius 1 is 1.24 bits per heavy atom. The summed E-state index contributed by atoms with van der Waals surface area (Å²) >= 11 is 12.9. The molecule has 1 atom stereocenters. The molecular weight excluding hydrogens is 387 g/mol. The molecule has 0 spiro atoms. The summed E-state index contributed by atoms with van der Waals surface area (Å²) in [6, 6.07) is 7.43. The highest BCUT2D eigenvalue weighted by molar-refractivity contribution is 8.00. The molecule has 1 aliphatic heterocycles. The van der Waals surface area contributed by atoms with E-state index in [1.165, 1.54) is 24.4 Å². The second-order valence-corrected chi connectivity index (χ2v) is 7.07. The summed E-state index contributed by atoms with van der Waals surface area (Å²) in [6.45, 7) is 0. The zero-order valence-electron chi connectivity index (χ0n) is 12.4. The standard InChI is InChI=1S/C16H10Cl2N2O4S/c17-9-4-1-5-10(13(9)18)20-12(21)7-11(15(20)22)25-14-8(16(23)24)3-2-6-19-14/h1-6,11H,7H2,(H,23,24)/p-1/t11-/m0/s1. The normalized spacial score (nSPS) is 17.2. The number of carbonyl (C=O) groups is 3. The number of carbonyl (C=O) groups excluding carboxylic acids is 3. The minimum atomic E-state index is -1.40. The summed E-state index contributed by atoms with van der Waals surface area (Å²) in [5, 5.41) is 10.8. The summed E-state index contributed by atoms with van der Waals surface area (Å²) in [6.07, 6.45) is 1.30. The van der Waals surface area contributed by atoms with Crippen molar-refractivity contribution in [3.05, 3.63) is 52.1 Å². The van der Waals surface area contributed by atoms with Gasteiger partial charge in [-0.2, -0.15) is 0 Å². The predicted molar refractivity (Wildman–Crippen MR) is 91.8 cm³/mol. The van der Waals surface area contributed by atoms with E-state index in [9.17, 15) is 19.5 Å². The Kier molecular flexibility index (Phi) is 4.99. The summed E-state index contributed by atoms with van der Waals surface area (Å²) < 4.78 is 0. The van der Waals surface area contributed by atoms with Crippen LogP contribution in [0.2, 0.25) is 10.0 Å². The Bertz CT molecular complexity index is 890. The zero-order chi connectivity index (χ0) is 18.1. The van der Waals surface area contributed by atoms with Crippen LogP contribution in [0.25, 0.3) is 0 Å². The number of halogens is 2. The van der Waals surface area contributed by atoms with Crippen LogP contribution in [0.5, 0.6) is 0 Å². The van der Waals surface area contributed by atoms with Crippen LogP contribution in [-0.4, -0.2) is 28.0 Å². The fraction of sp³-hybridized carbons (Fsp3) is 0.125. The van der Waals surface area contributed by atoms with Crippen molar-refractivity contribution in [3.8, 4) is 0 Å². The Balaban J connectivity index is 1.90. The Hall–Kier alpha value is -2.09. The number of rotatable bonds is 4. The van der Waals surface area contributed by atoms with Crippen LogP contribution >= 0.6 is 35.0 Å². The van der Waals surface area contributed by atoms with Gasteiger partial charge in [0.1, 0.15) is 5.03 Å². The van der Waals surface area contributed by atoms with Crippen molar-refractivity contribution in [3.63, 3.8) is 0 Å². The number of aromatic nitrogens is 1. The highest BCUT2D eigenvalue weighted by atomic mass is 35.5. The molecule has 6 nitrogen and oxygen atoms in total. The van der Waals surface area contributed by atoms with Gasteiger partial charge < -0.3 is 9.90 Å². The first-order valence-electron chi connectivity index (χ1n) is 7.04. The van der Waals surface area contributed by atoms with E-state index in [0.717, 1.165) is 16.7 Å². The fourth-order valence-electron chi connectivity index (χ4n) is 2.39. The third-order valence-electron chi connectivity index (χ3n) is 3.52. The number of nitrogens with zero attached hydrogens (tertiary/aromatic N) is 2. The number of imide groups is 1. The minimum Gasteiger partial charge on any atom is -0.545 e. The number of thioether (sulfide) groups is 1. The summed E-state index contributed by atoms with van der Waals surface area (Å²) in [5.74, 6) is -2.35. The number of carboxylic acids is 1. The van der Waals surface area contributed by atoms with E-state index in [0.29, 0.717) is 0 Å². The van der Waals surface area contributed by atoms with Crippen molar-refractivity contribution in [2.75, 3.05) is 4.90 Å². The molecule has 0 N–H and O–H groups in total. The molecule has 1 aliphatic rings. The van der Waals surface area contributed by atoms with Crippen molar-refractivity contribution in [2.45, 2.75) is 16.7 Å². The van der Waals surface area contributed by atoms with E-state index in [-0.39, 0.29) is 32.7 Å². The molecule has 128 valence electrons. The summed E-state index contributed by atoms with van der Waals surface area (Å²) in [4.78, 5) is 41.0. The second-order valence-electron chi connectivity index (χ2n) is 5.09. The first kappa shape index (κ1) is 17.7. The largest absolute Gasteiger partial charge is 0.545 e. The van der Waals surface area contributed by atoms with Gasteiger partial charge >= 0.3 is 0 Å². The smallest absolute Gasteiger partial charge is 0.247 e. The molecule has 25 heavy (non-hydrogen) atoms. The van der Waals surface area contributed by atoms with Gasteiger partial charge in [0.2, 0.25) is 11.8 Å². The Morgan fingerprint density at radius 3 is 2.72 bits per heavy atom. The molecule has 0 unspecified atom stereocenters. The highest BCUT2D eigenvalue weighted by Crippen LogP contribution is 2.39. The van der Waals surface area contributed by atoms with Crippen LogP contribution in [0, 0.1) is 0 Å². The number of aromatic carboxylic acids is 1. The Morgan fingerprint density at radius 2 is 2.00 bits per heavy atom. The van der Waals surface area contributed by atoms with Gasteiger partial charge in [-0.05, 0) is 24.3 Å². The predicted octanol–water partition coefficient (Wildman–Crippen LogP) is 2.18. The van der Waals surface area contributed by atoms with E-state index in [1.807, 2.05) is 0 Å². The number of anilines is 1. The van der Waals surface area contributed by atoms with E-state index < -0.39 is 23.0 Å². The number of amides is 2. The molecule has 9 heteroatoms. The first-order chi connectivity index (χ1) is 11.9. The molecule has 0 bridgehead atoms. The van der Waals surface area contributed by atoms with Crippen molar-refractivity contribution in [2.24, 2.45) is 0 Å². The molecule has 0 radical (unpaired) electrons. The van der Waals surface area contributed by atoms with Crippen LogP contribution in [0.1, 0.15) is 16.8 Å². The van der Waals surface area contributed by atoms with Gasteiger partial charge in [-0.15, -0.1) is 0 Å². The molecule has 2 heterocycles. The molecule has 0 aliphatic carbocycles. The van der Waals surface area contributed by atoms with Crippen molar-refractivity contribution in [1.29, 1.82) is 0 Å². The maximum Gasteiger partial charge on any atom is 0.247 e. The average Bonchev–Trinajstić information content (AvgIpc) is 2.85. The second kappa shape index (κ2) is 7.03. The van der Waals surface area contributed by atoms with Gasteiger partial charge in [0, 0.05) is 18.2 Å². The van der Waals surface area contributed by atoms with Gasteiger partial charge in [0.15, 0.2) is 0 Å². The molecule has 1 fully saturated rings. The first-order valence-corrected chi connectivity index (χ1v) is 8.67. The molecule has 1 saturated heterocycles. The van der Waals surface area contributed by atoms with Gasteiger partial charge in [-0.25, -0.2) is 9.88 Å². The third kappa shape index (κ3) is 3.35. The minimum absolute atomic E-state index is 0.102. The van der Waals surface area contributed by atoms with Crippen LogP contribution in [0.15, 0.2) is 41.6 Å². The quantitative estimate of drug-likeness (QED) is 0.736. The van der Waals surface area contributed by atoms with Crippen LogP contribution in [-0.2, 0) is 9.59 Å². The summed E-state index contributed by atoms with van der Waals surface area (Å²) in [7, 11) is 0. The molecule has 1 aromatic heterocycles. The van der Waals surface area contributed by atoms with Crippen LogP contribution in [0.4, 0.5) is 5.69 Å². The molecule has 3 rings (SSSR count). The number of hydrogen-bond acceptors (Lipinski definition) is 6.